The van der Waals surface area contributed by atoms with E-state index in [-0.39, 0.29) is 12.1 Å². The highest BCUT2D eigenvalue weighted by atomic mass is 16.7. The predicted molar refractivity (Wildman–Crippen MR) is 121 cm³/mol. The molecule has 3 rings (SSSR count). The number of aliphatic hydroxyl groups is 5. The molecule has 6 atom stereocenters. The molecule has 8 N–H and O–H groups in total. The molecule has 0 aliphatic carbocycles. The standard InChI is InChI=1S/C24H32N2O7/c1-3-14-4-6-15(7-5-14)10-16-8-9-17(26-19(28)12-25)11-18(16)24(32)23(31)21(30)20(29)22(33-24)13(2)27/h4-9,11,13,20-23,27,29-32H,3,10,12,25H2,1-2H3,(H,26,28)/t13-,20-,21-,22+,23+,24+/m0/s1. The SMILES string of the molecule is CCc1ccc(Cc2ccc(NC(=O)CN)cc2[C@@]2(O)O[C@H]([C@H](C)O)[C@@H](O)[C@H](O)[C@H]2O)cc1. The molecule has 0 saturated carbocycles. The van der Waals surface area contributed by atoms with Crippen molar-refractivity contribution in [2.45, 2.75) is 63.0 Å². The van der Waals surface area contributed by atoms with E-state index in [2.05, 4.69) is 12.2 Å². The van der Waals surface area contributed by atoms with Crippen LogP contribution in [0.1, 0.15) is 36.1 Å². The van der Waals surface area contributed by atoms with Crippen LogP contribution in [0.2, 0.25) is 0 Å². The normalized spacial score (nSPS) is 28.4. The molecule has 0 bridgehead atoms. The van der Waals surface area contributed by atoms with Gasteiger partial charge in [-0.1, -0.05) is 37.3 Å². The highest BCUT2D eigenvalue weighted by Gasteiger charge is 2.55. The first-order valence-electron chi connectivity index (χ1n) is 10.9. The van der Waals surface area contributed by atoms with E-state index < -0.39 is 42.2 Å². The zero-order valence-corrected chi connectivity index (χ0v) is 18.7. The number of amides is 1. The molecule has 180 valence electrons. The summed E-state index contributed by atoms with van der Waals surface area (Å²) in [6.45, 7) is 3.14. The molecule has 9 nitrogen and oxygen atoms in total. The Bertz CT molecular complexity index is 966. The van der Waals surface area contributed by atoms with E-state index in [1.165, 1.54) is 18.6 Å². The molecule has 33 heavy (non-hydrogen) atoms. The lowest BCUT2D eigenvalue weighted by Gasteiger charge is -2.47. The van der Waals surface area contributed by atoms with Crippen LogP contribution < -0.4 is 11.1 Å². The van der Waals surface area contributed by atoms with Gasteiger partial charge in [-0.05, 0) is 48.6 Å². The van der Waals surface area contributed by atoms with Crippen molar-refractivity contribution < 1.29 is 35.1 Å². The molecule has 0 aromatic heterocycles. The minimum absolute atomic E-state index is 0.0842. The molecule has 1 saturated heterocycles. The van der Waals surface area contributed by atoms with Crippen LogP contribution in [0.5, 0.6) is 0 Å². The van der Waals surface area contributed by atoms with Crippen molar-refractivity contribution in [2.24, 2.45) is 5.73 Å². The molecule has 1 amide bonds. The molecule has 0 radical (unpaired) electrons. The van der Waals surface area contributed by atoms with Gasteiger partial charge in [0, 0.05) is 11.3 Å². The van der Waals surface area contributed by atoms with Gasteiger partial charge in [-0.15, -0.1) is 0 Å². The van der Waals surface area contributed by atoms with Crippen LogP contribution >= 0.6 is 0 Å². The summed E-state index contributed by atoms with van der Waals surface area (Å²) < 4.78 is 5.63. The maximum atomic E-state index is 11.8. The second-order valence-electron chi connectivity index (χ2n) is 8.42. The van der Waals surface area contributed by atoms with Crippen LogP contribution in [0.25, 0.3) is 0 Å². The fourth-order valence-corrected chi connectivity index (χ4v) is 4.03. The van der Waals surface area contributed by atoms with Crippen molar-refractivity contribution in [2.75, 3.05) is 11.9 Å². The van der Waals surface area contributed by atoms with Crippen molar-refractivity contribution in [3.05, 3.63) is 64.7 Å². The third-order valence-electron chi connectivity index (χ3n) is 5.99. The minimum atomic E-state index is -2.47. The lowest BCUT2D eigenvalue weighted by atomic mass is 9.83. The highest BCUT2D eigenvalue weighted by molar-refractivity contribution is 5.92. The van der Waals surface area contributed by atoms with Crippen molar-refractivity contribution in [3.8, 4) is 0 Å². The van der Waals surface area contributed by atoms with Crippen molar-refractivity contribution in [3.63, 3.8) is 0 Å². The predicted octanol–water partition coefficient (Wildman–Crippen LogP) is -0.256. The molecule has 1 aliphatic rings. The fourth-order valence-electron chi connectivity index (χ4n) is 4.03. The quantitative estimate of drug-likeness (QED) is 0.297. The summed E-state index contributed by atoms with van der Waals surface area (Å²) >= 11 is 0. The number of nitrogens with one attached hydrogen (secondary N) is 1. The largest absolute Gasteiger partial charge is 0.391 e. The van der Waals surface area contributed by atoms with Gasteiger partial charge >= 0.3 is 0 Å². The Morgan fingerprint density at radius 2 is 1.76 bits per heavy atom. The van der Waals surface area contributed by atoms with Gasteiger partial charge in [-0.3, -0.25) is 4.79 Å². The zero-order valence-electron chi connectivity index (χ0n) is 18.7. The van der Waals surface area contributed by atoms with Crippen LogP contribution in [-0.4, -0.2) is 68.5 Å². The van der Waals surface area contributed by atoms with Crippen LogP contribution in [0, 0.1) is 0 Å². The van der Waals surface area contributed by atoms with Crippen molar-refractivity contribution in [1.29, 1.82) is 0 Å². The Morgan fingerprint density at radius 3 is 2.33 bits per heavy atom. The highest BCUT2D eigenvalue weighted by Crippen LogP contribution is 2.40. The summed E-state index contributed by atoms with van der Waals surface area (Å²) in [5.41, 5.74) is 8.40. The van der Waals surface area contributed by atoms with Crippen LogP contribution in [0.15, 0.2) is 42.5 Å². The average Bonchev–Trinajstić information content (AvgIpc) is 2.81. The summed E-state index contributed by atoms with van der Waals surface area (Å²) in [6.07, 6.45) is -6.72. The maximum Gasteiger partial charge on any atom is 0.238 e. The summed E-state index contributed by atoms with van der Waals surface area (Å²) in [4.78, 5) is 11.8. The van der Waals surface area contributed by atoms with Gasteiger partial charge in [-0.25, -0.2) is 0 Å². The zero-order chi connectivity index (χ0) is 24.3. The summed E-state index contributed by atoms with van der Waals surface area (Å²) in [7, 11) is 0. The molecule has 9 heteroatoms. The number of nitrogens with two attached hydrogens (primary N) is 1. The van der Waals surface area contributed by atoms with Crippen LogP contribution in [-0.2, 0) is 28.2 Å². The monoisotopic (exact) mass is 460 g/mol. The molecule has 1 heterocycles. The van der Waals surface area contributed by atoms with Gasteiger partial charge in [-0.2, -0.15) is 0 Å². The number of rotatable bonds is 7. The summed E-state index contributed by atoms with van der Waals surface area (Å²) in [5, 5.41) is 55.5. The van der Waals surface area contributed by atoms with Crippen LogP contribution in [0.3, 0.4) is 0 Å². The number of carbonyl (C=O) groups excluding carboxylic acids is 1. The molecule has 1 fully saturated rings. The van der Waals surface area contributed by atoms with E-state index in [4.69, 9.17) is 10.5 Å². The summed E-state index contributed by atoms with van der Waals surface area (Å²) in [5.74, 6) is -2.93. The van der Waals surface area contributed by atoms with E-state index in [0.29, 0.717) is 17.7 Å². The second kappa shape index (κ2) is 10.3. The second-order valence-corrected chi connectivity index (χ2v) is 8.42. The number of hydrogen-bond donors (Lipinski definition) is 7. The van der Waals surface area contributed by atoms with E-state index in [1.54, 1.807) is 12.1 Å². The van der Waals surface area contributed by atoms with E-state index >= 15 is 0 Å². The van der Waals surface area contributed by atoms with Crippen LogP contribution in [0.4, 0.5) is 5.69 Å². The topological polar surface area (TPSA) is 166 Å². The van der Waals surface area contributed by atoms with E-state index in [0.717, 1.165) is 12.0 Å². The smallest absolute Gasteiger partial charge is 0.238 e. The first-order chi connectivity index (χ1) is 15.6. The van der Waals surface area contributed by atoms with Gasteiger partial charge < -0.3 is 41.3 Å². The van der Waals surface area contributed by atoms with Crippen molar-refractivity contribution >= 4 is 11.6 Å². The van der Waals surface area contributed by atoms with Gasteiger partial charge in [0.05, 0.1) is 12.6 Å². The molecular formula is C24H32N2O7. The molecule has 0 unspecified atom stereocenters. The lowest BCUT2D eigenvalue weighted by molar-refractivity contribution is -0.364. The number of carbonyl (C=O) groups is 1. The first-order valence-corrected chi connectivity index (χ1v) is 10.9. The number of aryl methyl sites for hydroxylation is 1. The average molecular weight is 461 g/mol. The molecule has 0 spiro atoms. The maximum absolute atomic E-state index is 11.8. The van der Waals surface area contributed by atoms with Gasteiger partial charge in [0.2, 0.25) is 11.7 Å². The van der Waals surface area contributed by atoms with Crippen molar-refractivity contribution in [1.82, 2.24) is 0 Å². The Morgan fingerprint density at radius 1 is 1.12 bits per heavy atom. The third kappa shape index (κ3) is 5.25. The Hall–Kier alpha value is -2.37. The van der Waals surface area contributed by atoms with Gasteiger partial charge in [0.15, 0.2) is 0 Å². The molecule has 2 aromatic rings. The lowest BCUT2D eigenvalue weighted by Crippen LogP contribution is -2.65. The van der Waals surface area contributed by atoms with E-state index in [9.17, 15) is 30.3 Å². The van der Waals surface area contributed by atoms with E-state index in [1.807, 2.05) is 24.3 Å². The Balaban J connectivity index is 2.08. The third-order valence-corrected chi connectivity index (χ3v) is 5.99. The fraction of sp³-hybridized carbons (Fsp3) is 0.458. The first kappa shape index (κ1) is 25.3. The molecule has 1 aliphatic heterocycles. The molecular weight excluding hydrogens is 428 g/mol. The number of hydrogen-bond acceptors (Lipinski definition) is 8. The molecule has 2 aromatic carbocycles. The number of benzene rings is 2. The number of aliphatic hydroxyl groups excluding tert-OH is 4. The van der Waals surface area contributed by atoms with Gasteiger partial charge in [0.25, 0.3) is 0 Å². The Labute approximate surface area is 192 Å². The minimum Gasteiger partial charge on any atom is -0.391 e. The summed E-state index contributed by atoms with van der Waals surface area (Å²) in [6, 6.07) is 12.6. The number of anilines is 1. The Kier molecular flexibility index (Phi) is 7.86. The number of ether oxygens (including phenoxy) is 1. The van der Waals surface area contributed by atoms with Gasteiger partial charge in [0.1, 0.15) is 24.4 Å².